The van der Waals surface area contributed by atoms with E-state index in [9.17, 15) is 9.59 Å². The summed E-state index contributed by atoms with van der Waals surface area (Å²) in [5.74, 6) is -1.25. The molecule has 2 aromatic rings. The fourth-order valence-corrected chi connectivity index (χ4v) is 2.26. The topological polar surface area (TPSA) is 89.2 Å². The molecule has 0 spiro atoms. The van der Waals surface area contributed by atoms with Crippen LogP contribution in [0.2, 0.25) is 0 Å². The van der Waals surface area contributed by atoms with Crippen LogP contribution in [0, 0.1) is 0 Å². The Morgan fingerprint density at radius 3 is 2.75 bits per heavy atom. The lowest BCUT2D eigenvalue weighted by Crippen LogP contribution is -2.28. The number of aromatic carboxylic acids is 1. The minimum absolute atomic E-state index is 0.0114. The summed E-state index contributed by atoms with van der Waals surface area (Å²) in [5.41, 5.74) is 0.538. The molecule has 0 saturated heterocycles. The number of rotatable bonds is 5. The number of hydrogen-bond donors (Lipinski definition) is 2. The third-order valence-electron chi connectivity index (χ3n) is 2.71. The summed E-state index contributed by atoms with van der Waals surface area (Å²) in [6.07, 6.45) is 4.65. The van der Waals surface area contributed by atoms with Gasteiger partial charge in [0.1, 0.15) is 5.69 Å². The maximum Gasteiger partial charge on any atom is 0.356 e. The number of nitrogens with one attached hydrogen (secondary N) is 1. The summed E-state index contributed by atoms with van der Waals surface area (Å²) in [6.45, 7) is 0.842. The van der Waals surface area contributed by atoms with Crippen molar-refractivity contribution in [3.8, 4) is 0 Å². The highest BCUT2D eigenvalue weighted by Crippen LogP contribution is 2.13. The third-order valence-corrected chi connectivity index (χ3v) is 3.15. The Hall–Kier alpha value is -2.09. The molecule has 0 unspecified atom stereocenters. The molecule has 0 saturated carbocycles. The van der Waals surface area contributed by atoms with E-state index in [1.165, 1.54) is 12.5 Å². The Bertz CT molecular complexity index is 647. The molecule has 8 heteroatoms. The molecule has 0 aliphatic rings. The first-order valence-electron chi connectivity index (χ1n) is 5.82. The van der Waals surface area contributed by atoms with E-state index >= 15 is 0 Å². The molecule has 0 atom stereocenters. The highest BCUT2D eigenvalue weighted by Gasteiger charge is 2.10. The van der Waals surface area contributed by atoms with Gasteiger partial charge in [0.05, 0.1) is 6.33 Å². The predicted octanol–water partition coefficient (Wildman–Crippen LogP) is 1.11. The molecule has 7 nitrogen and oxygen atoms in total. The van der Waals surface area contributed by atoms with Crippen LogP contribution in [0.1, 0.15) is 21.0 Å². The van der Waals surface area contributed by atoms with Gasteiger partial charge in [-0.3, -0.25) is 4.79 Å². The molecule has 0 bridgehead atoms. The summed E-state index contributed by atoms with van der Waals surface area (Å²) in [4.78, 5) is 26.3. The molecular weight excluding hydrogens is 328 g/mol. The fraction of sp³-hybridized carbons (Fsp3) is 0.250. The SMILES string of the molecule is Cn1cc(Br)cc1C(=O)NCCn1cnc(C(=O)O)c1. The number of aromatic nitrogens is 3. The van der Waals surface area contributed by atoms with Crippen LogP contribution in [0.4, 0.5) is 0 Å². The van der Waals surface area contributed by atoms with Gasteiger partial charge in [0, 0.05) is 37.0 Å². The number of aryl methyl sites for hydroxylation is 1. The largest absolute Gasteiger partial charge is 0.476 e. The van der Waals surface area contributed by atoms with E-state index in [0.717, 1.165) is 4.47 Å². The van der Waals surface area contributed by atoms with Gasteiger partial charge in [-0.05, 0) is 22.0 Å². The van der Waals surface area contributed by atoms with Gasteiger partial charge in [-0.25, -0.2) is 9.78 Å². The molecule has 0 aromatic carbocycles. The molecule has 2 heterocycles. The number of hydrogen-bond acceptors (Lipinski definition) is 3. The molecule has 20 heavy (non-hydrogen) atoms. The zero-order chi connectivity index (χ0) is 14.7. The Morgan fingerprint density at radius 2 is 2.20 bits per heavy atom. The van der Waals surface area contributed by atoms with Crippen LogP contribution < -0.4 is 5.32 Å². The zero-order valence-electron chi connectivity index (χ0n) is 10.7. The van der Waals surface area contributed by atoms with E-state index < -0.39 is 5.97 Å². The Morgan fingerprint density at radius 1 is 1.45 bits per heavy atom. The van der Waals surface area contributed by atoms with E-state index in [1.54, 1.807) is 28.4 Å². The zero-order valence-corrected chi connectivity index (χ0v) is 12.3. The van der Waals surface area contributed by atoms with Crippen LogP contribution >= 0.6 is 15.9 Å². The molecule has 106 valence electrons. The summed E-state index contributed by atoms with van der Waals surface area (Å²) in [5, 5.41) is 11.5. The summed E-state index contributed by atoms with van der Waals surface area (Å²) in [7, 11) is 1.79. The second-order valence-electron chi connectivity index (χ2n) is 4.21. The Labute approximate surface area is 123 Å². The lowest BCUT2D eigenvalue weighted by atomic mass is 10.4. The van der Waals surface area contributed by atoms with Crippen LogP contribution in [0.3, 0.4) is 0 Å². The maximum absolute atomic E-state index is 11.9. The number of amides is 1. The van der Waals surface area contributed by atoms with Gasteiger partial charge in [0.2, 0.25) is 0 Å². The van der Waals surface area contributed by atoms with Gasteiger partial charge in [0.25, 0.3) is 5.91 Å². The number of carboxylic acids is 1. The molecule has 0 fully saturated rings. The van der Waals surface area contributed by atoms with Crippen molar-refractivity contribution in [2.45, 2.75) is 6.54 Å². The first kappa shape index (κ1) is 14.3. The van der Waals surface area contributed by atoms with Crippen molar-refractivity contribution in [3.05, 3.63) is 40.6 Å². The molecule has 2 rings (SSSR count). The van der Waals surface area contributed by atoms with E-state index in [2.05, 4.69) is 26.2 Å². The molecular formula is C12H13BrN4O3. The van der Waals surface area contributed by atoms with Gasteiger partial charge in [-0.1, -0.05) is 0 Å². The monoisotopic (exact) mass is 340 g/mol. The average Bonchev–Trinajstić information content (AvgIpc) is 2.96. The van der Waals surface area contributed by atoms with Crippen molar-refractivity contribution < 1.29 is 14.7 Å². The molecule has 0 aliphatic carbocycles. The Balaban J connectivity index is 1.87. The molecule has 2 aromatic heterocycles. The lowest BCUT2D eigenvalue weighted by molar-refractivity contribution is 0.0690. The minimum atomic E-state index is -1.07. The van der Waals surface area contributed by atoms with E-state index in [4.69, 9.17) is 5.11 Å². The number of carbonyl (C=O) groups is 2. The smallest absolute Gasteiger partial charge is 0.356 e. The molecule has 0 radical (unpaired) electrons. The second kappa shape index (κ2) is 5.91. The number of halogens is 1. The molecule has 0 aliphatic heterocycles. The van der Waals surface area contributed by atoms with Crippen molar-refractivity contribution in [2.24, 2.45) is 7.05 Å². The summed E-state index contributed by atoms with van der Waals surface area (Å²) in [6, 6.07) is 1.73. The van der Waals surface area contributed by atoms with Crippen LogP contribution in [0.5, 0.6) is 0 Å². The van der Waals surface area contributed by atoms with Crippen molar-refractivity contribution in [2.75, 3.05) is 6.54 Å². The summed E-state index contributed by atoms with van der Waals surface area (Å²) < 4.78 is 4.18. The van der Waals surface area contributed by atoms with Crippen LogP contribution in [-0.4, -0.2) is 37.6 Å². The van der Waals surface area contributed by atoms with Crippen molar-refractivity contribution in [1.29, 1.82) is 0 Å². The van der Waals surface area contributed by atoms with Gasteiger partial charge in [-0.2, -0.15) is 0 Å². The molecule has 2 N–H and O–H groups in total. The Kier molecular flexibility index (Phi) is 4.23. The molecule has 1 amide bonds. The van der Waals surface area contributed by atoms with E-state index in [1.807, 2.05) is 0 Å². The lowest BCUT2D eigenvalue weighted by Gasteiger charge is -2.06. The highest BCUT2D eigenvalue weighted by molar-refractivity contribution is 9.10. The van der Waals surface area contributed by atoms with Crippen molar-refractivity contribution in [1.82, 2.24) is 19.4 Å². The second-order valence-corrected chi connectivity index (χ2v) is 5.13. The standard InChI is InChI=1S/C12H13BrN4O3/c1-16-5-8(13)4-10(16)11(18)14-2-3-17-6-9(12(19)20)15-7-17/h4-7H,2-3H2,1H3,(H,14,18)(H,19,20). The van der Waals surface area contributed by atoms with E-state index in [0.29, 0.717) is 18.8 Å². The quantitative estimate of drug-likeness (QED) is 0.853. The van der Waals surface area contributed by atoms with Gasteiger partial charge >= 0.3 is 5.97 Å². The first-order valence-corrected chi connectivity index (χ1v) is 6.62. The van der Waals surface area contributed by atoms with Crippen LogP contribution in [0.25, 0.3) is 0 Å². The van der Waals surface area contributed by atoms with Crippen molar-refractivity contribution >= 4 is 27.8 Å². The number of nitrogens with zero attached hydrogens (tertiary/aromatic N) is 3. The normalized spacial score (nSPS) is 10.5. The predicted molar refractivity (Wildman–Crippen MR) is 74.6 cm³/mol. The first-order chi connectivity index (χ1) is 9.47. The summed E-state index contributed by atoms with van der Waals surface area (Å²) >= 11 is 3.30. The fourth-order valence-electron chi connectivity index (χ4n) is 1.73. The number of carbonyl (C=O) groups excluding carboxylic acids is 1. The maximum atomic E-state index is 11.9. The van der Waals surface area contributed by atoms with Gasteiger partial charge in [-0.15, -0.1) is 0 Å². The van der Waals surface area contributed by atoms with Crippen LogP contribution in [-0.2, 0) is 13.6 Å². The third kappa shape index (κ3) is 3.27. The van der Waals surface area contributed by atoms with Gasteiger partial charge in [0.15, 0.2) is 5.69 Å². The highest BCUT2D eigenvalue weighted by atomic mass is 79.9. The number of imidazole rings is 1. The minimum Gasteiger partial charge on any atom is -0.476 e. The average molecular weight is 341 g/mol. The van der Waals surface area contributed by atoms with Crippen molar-refractivity contribution in [3.63, 3.8) is 0 Å². The van der Waals surface area contributed by atoms with E-state index in [-0.39, 0.29) is 11.6 Å². The number of carboxylic acid groups (broad SMARTS) is 1. The van der Waals surface area contributed by atoms with Gasteiger partial charge < -0.3 is 19.6 Å². The van der Waals surface area contributed by atoms with Crippen LogP contribution in [0.15, 0.2) is 29.3 Å².